The van der Waals surface area contributed by atoms with Crippen LogP contribution in [0.3, 0.4) is 0 Å². The van der Waals surface area contributed by atoms with E-state index in [1.165, 1.54) is 48.3 Å². The van der Waals surface area contributed by atoms with Crippen LogP contribution < -0.4 is 15.5 Å². The van der Waals surface area contributed by atoms with Crippen molar-refractivity contribution >= 4 is 35.6 Å². The molecule has 0 amide bonds. The molecule has 1 atom stereocenters. The topological polar surface area (TPSA) is 42.9 Å². The average molecular weight is 536 g/mol. The van der Waals surface area contributed by atoms with Gasteiger partial charge in [-0.15, -0.1) is 24.0 Å². The normalized spacial score (nSPS) is 15.0. The number of anilines is 1. The zero-order chi connectivity index (χ0) is 21.3. The van der Waals surface area contributed by atoms with E-state index in [2.05, 4.69) is 96.9 Å². The lowest BCUT2D eigenvalue weighted by molar-refractivity contribution is 0.402. The fraction of sp³-hybridized carbons (Fsp3) is 0.480. The molecule has 0 aromatic heterocycles. The third kappa shape index (κ3) is 8.00. The van der Waals surface area contributed by atoms with Crippen LogP contribution in [-0.2, 0) is 13.1 Å². The fourth-order valence-electron chi connectivity index (χ4n) is 3.86. The quantitative estimate of drug-likeness (QED) is 0.290. The SMILES string of the molecule is CCNC(=NCc1ccc(CN(C)C)cc1)NC(C)c1cccc(N2CCCC2)c1.I. The van der Waals surface area contributed by atoms with Gasteiger partial charge in [-0.3, -0.25) is 0 Å². The van der Waals surface area contributed by atoms with Crippen molar-refractivity contribution in [2.75, 3.05) is 38.6 Å². The first-order chi connectivity index (χ1) is 14.5. The number of nitrogens with zero attached hydrogens (tertiary/aromatic N) is 3. The Bertz CT molecular complexity index is 813. The maximum atomic E-state index is 4.81. The number of halogens is 1. The molecule has 1 saturated heterocycles. The summed E-state index contributed by atoms with van der Waals surface area (Å²) in [6.07, 6.45) is 2.59. The first-order valence-electron chi connectivity index (χ1n) is 11.2. The summed E-state index contributed by atoms with van der Waals surface area (Å²) in [4.78, 5) is 9.48. The molecule has 0 bridgehead atoms. The Hall–Kier alpha value is -1.80. The summed E-state index contributed by atoms with van der Waals surface area (Å²) >= 11 is 0. The fourth-order valence-corrected chi connectivity index (χ4v) is 3.86. The van der Waals surface area contributed by atoms with Crippen LogP contribution in [0.15, 0.2) is 53.5 Å². The number of nitrogens with one attached hydrogen (secondary N) is 2. The van der Waals surface area contributed by atoms with Crippen LogP contribution in [0.5, 0.6) is 0 Å². The molecule has 2 N–H and O–H groups in total. The maximum absolute atomic E-state index is 4.81. The third-order valence-electron chi connectivity index (χ3n) is 5.48. The van der Waals surface area contributed by atoms with E-state index >= 15 is 0 Å². The predicted molar refractivity (Wildman–Crippen MR) is 144 cm³/mol. The largest absolute Gasteiger partial charge is 0.372 e. The van der Waals surface area contributed by atoms with Crippen molar-refractivity contribution in [1.29, 1.82) is 0 Å². The van der Waals surface area contributed by atoms with Gasteiger partial charge in [0.25, 0.3) is 0 Å². The Kier molecular flexibility index (Phi) is 10.6. The highest BCUT2D eigenvalue weighted by atomic mass is 127. The molecule has 1 heterocycles. The molecular formula is C25H38IN5. The van der Waals surface area contributed by atoms with E-state index in [0.717, 1.165) is 19.0 Å². The molecule has 6 heteroatoms. The van der Waals surface area contributed by atoms with Gasteiger partial charge in [0, 0.05) is 31.9 Å². The van der Waals surface area contributed by atoms with E-state index in [0.29, 0.717) is 6.54 Å². The van der Waals surface area contributed by atoms with Crippen molar-refractivity contribution in [3.63, 3.8) is 0 Å². The van der Waals surface area contributed by atoms with E-state index < -0.39 is 0 Å². The van der Waals surface area contributed by atoms with E-state index in [-0.39, 0.29) is 30.0 Å². The van der Waals surface area contributed by atoms with Gasteiger partial charge in [0.1, 0.15) is 0 Å². The predicted octanol–water partition coefficient (Wildman–Crippen LogP) is 4.78. The molecule has 2 aromatic carbocycles. The molecule has 3 rings (SSSR count). The molecular weight excluding hydrogens is 497 g/mol. The van der Waals surface area contributed by atoms with Gasteiger partial charge in [-0.1, -0.05) is 36.4 Å². The van der Waals surface area contributed by atoms with Gasteiger partial charge in [0.15, 0.2) is 5.96 Å². The van der Waals surface area contributed by atoms with E-state index in [1.54, 1.807) is 0 Å². The van der Waals surface area contributed by atoms with Crippen molar-refractivity contribution in [3.05, 3.63) is 65.2 Å². The highest BCUT2D eigenvalue weighted by molar-refractivity contribution is 14.0. The standard InChI is InChI=1S/C25H37N5.HI/c1-5-26-25(27-18-21-11-13-22(14-12-21)19-29(3)4)28-20(2)23-9-8-10-24(17-23)30-15-6-7-16-30;/h8-14,17,20H,5-7,15-16,18-19H2,1-4H3,(H2,26,27,28);1H. The number of hydrogen-bond donors (Lipinski definition) is 2. The monoisotopic (exact) mass is 535 g/mol. The summed E-state index contributed by atoms with van der Waals surface area (Å²) in [5.74, 6) is 0.856. The van der Waals surface area contributed by atoms with Crippen LogP contribution in [0.1, 0.15) is 49.4 Å². The summed E-state index contributed by atoms with van der Waals surface area (Å²) in [6.45, 7) is 9.11. The van der Waals surface area contributed by atoms with Crippen molar-refractivity contribution in [3.8, 4) is 0 Å². The van der Waals surface area contributed by atoms with Crippen molar-refractivity contribution in [1.82, 2.24) is 15.5 Å². The lowest BCUT2D eigenvalue weighted by Gasteiger charge is -2.22. The summed E-state index contributed by atoms with van der Waals surface area (Å²) in [5, 5.41) is 6.96. The number of rotatable bonds is 8. The summed E-state index contributed by atoms with van der Waals surface area (Å²) in [6, 6.07) is 17.8. The molecule has 1 aliphatic heterocycles. The molecule has 0 saturated carbocycles. The van der Waals surface area contributed by atoms with Crippen LogP contribution in [-0.4, -0.2) is 44.6 Å². The molecule has 1 fully saturated rings. The second kappa shape index (κ2) is 12.9. The van der Waals surface area contributed by atoms with Gasteiger partial charge < -0.3 is 20.4 Å². The number of benzene rings is 2. The first-order valence-corrected chi connectivity index (χ1v) is 11.2. The molecule has 1 unspecified atom stereocenters. The lowest BCUT2D eigenvalue weighted by atomic mass is 10.1. The van der Waals surface area contributed by atoms with Gasteiger partial charge in [0.2, 0.25) is 0 Å². The molecule has 170 valence electrons. The van der Waals surface area contributed by atoms with Crippen molar-refractivity contribution < 1.29 is 0 Å². The number of aliphatic imine (C=N–C) groups is 1. The van der Waals surface area contributed by atoms with Gasteiger partial charge in [-0.25, -0.2) is 4.99 Å². The van der Waals surface area contributed by atoms with Gasteiger partial charge in [-0.2, -0.15) is 0 Å². The minimum Gasteiger partial charge on any atom is -0.372 e. The van der Waals surface area contributed by atoms with Gasteiger partial charge in [0.05, 0.1) is 12.6 Å². The Balaban J connectivity index is 0.00000341. The Labute approximate surface area is 205 Å². The van der Waals surface area contributed by atoms with Crippen LogP contribution >= 0.6 is 24.0 Å². The maximum Gasteiger partial charge on any atom is 0.192 e. The number of guanidine groups is 1. The summed E-state index contributed by atoms with van der Waals surface area (Å²) in [7, 11) is 4.18. The Morgan fingerprint density at radius 1 is 1.06 bits per heavy atom. The molecule has 1 aliphatic rings. The van der Waals surface area contributed by atoms with Crippen LogP contribution in [0.2, 0.25) is 0 Å². The molecule has 31 heavy (non-hydrogen) atoms. The number of hydrogen-bond acceptors (Lipinski definition) is 3. The molecule has 2 aromatic rings. The summed E-state index contributed by atoms with van der Waals surface area (Å²) < 4.78 is 0. The van der Waals surface area contributed by atoms with Crippen molar-refractivity contribution in [2.45, 2.75) is 45.8 Å². The second-order valence-corrected chi connectivity index (χ2v) is 8.40. The van der Waals surface area contributed by atoms with Gasteiger partial charge >= 0.3 is 0 Å². The Morgan fingerprint density at radius 2 is 1.74 bits per heavy atom. The van der Waals surface area contributed by atoms with Crippen molar-refractivity contribution in [2.24, 2.45) is 4.99 Å². The summed E-state index contributed by atoms with van der Waals surface area (Å²) in [5.41, 5.74) is 5.17. The smallest absolute Gasteiger partial charge is 0.192 e. The van der Waals surface area contributed by atoms with E-state index in [1.807, 2.05) is 0 Å². The molecule has 0 aliphatic carbocycles. The van der Waals surface area contributed by atoms with Crippen LogP contribution in [0, 0.1) is 0 Å². The highest BCUT2D eigenvalue weighted by Gasteiger charge is 2.14. The average Bonchev–Trinajstić information content (AvgIpc) is 3.28. The van der Waals surface area contributed by atoms with Crippen LogP contribution in [0.4, 0.5) is 5.69 Å². The highest BCUT2D eigenvalue weighted by Crippen LogP contribution is 2.24. The first kappa shape index (κ1) is 25.5. The van der Waals surface area contributed by atoms with Crippen LogP contribution in [0.25, 0.3) is 0 Å². The minimum absolute atomic E-state index is 0. The third-order valence-corrected chi connectivity index (χ3v) is 5.48. The van der Waals surface area contributed by atoms with E-state index in [4.69, 9.17) is 4.99 Å². The molecule has 0 radical (unpaired) electrons. The lowest BCUT2D eigenvalue weighted by Crippen LogP contribution is -2.38. The zero-order valence-electron chi connectivity index (χ0n) is 19.4. The van der Waals surface area contributed by atoms with Gasteiger partial charge in [-0.05, 0) is 69.6 Å². The minimum atomic E-state index is 0. The zero-order valence-corrected chi connectivity index (χ0v) is 21.7. The van der Waals surface area contributed by atoms with E-state index in [9.17, 15) is 0 Å². The second-order valence-electron chi connectivity index (χ2n) is 8.40. The Morgan fingerprint density at radius 3 is 2.39 bits per heavy atom. The molecule has 5 nitrogen and oxygen atoms in total. The molecule has 0 spiro atoms.